The number of ether oxygens (including phenoxy) is 6. The van der Waals surface area contributed by atoms with Crippen molar-refractivity contribution in [2.45, 2.75) is 388 Å². The van der Waals surface area contributed by atoms with Crippen LogP contribution in [-0.4, -0.2) is 193 Å². The van der Waals surface area contributed by atoms with Crippen LogP contribution in [0.4, 0.5) is 0 Å². The molecule has 0 aromatic carbocycles. The highest BCUT2D eigenvalue weighted by Crippen LogP contribution is 2.33. The number of unbranched alkanes of at least 4 members (excludes halogenated alkanes) is 30. The summed E-state index contributed by atoms with van der Waals surface area (Å²) in [4.78, 5) is 13.5. The molecular formula is C86H147NO18. The molecule has 19 nitrogen and oxygen atoms in total. The predicted molar refractivity (Wildman–Crippen MR) is 420 cm³/mol. The van der Waals surface area contributed by atoms with Crippen LogP contribution in [0.3, 0.4) is 0 Å². The highest BCUT2D eigenvalue weighted by Gasteiger charge is 2.54. The summed E-state index contributed by atoms with van der Waals surface area (Å²) in [6, 6.07) is -1.00. The fraction of sp³-hybridized carbons (Fsp3) is 0.756. The average Bonchev–Trinajstić information content (AvgIpc) is 0.781. The summed E-state index contributed by atoms with van der Waals surface area (Å²) in [5.74, 6) is -0.309. The number of aliphatic hydroxyl groups excluding tert-OH is 11. The summed E-state index contributed by atoms with van der Waals surface area (Å²) in [5, 5.41) is 121. The Morgan fingerprint density at radius 2 is 0.657 bits per heavy atom. The number of amides is 1. The molecule has 1 amide bonds. The smallest absolute Gasteiger partial charge is 0.220 e. The molecule has 3 fully saturated rings. The van der Waals surface area contributed by atoms with Gasteiger partial charge in [0.25, 0.3) is 0 Å². The molecule has 0 aromatic rings. The molecule has 0 saturated carbocycles. The van der Waals surface area contributed by atoms with Crippen LogP contribution in [0.15, 0.2) is 122 Å². The molecule has 0 aromatic heterocycles. The average molecular weight is 1480 g/mol. The molecule has 0 aliphatic carbocycles. The van der Waals surface area contributed by atoms with Crippen molar-refractivity contribution in [1.29, 1.82) is 0 Å². The maximum atomic E-state index is 13.5. The van der Waals surface area contributed by atoms with E-state index in [2.05, 4.69) is 129 Å². The van der Waals surface area contributed by atoms with Crippen LogP contribution in [0.25, 0.3) is 0 Å². The van der Waals surface area contributed by atoms with Gasteiger partial charge in [-0.15, -0.1) is 0 Å². The van der Waals surface area contributed by atoms with Crippen molar-refractivity contribution in [1.82, 2.24) is 5.32 Å². The Kier molecular flexibility index (Phi) is 59.0. The van der Waals surface area contributed by atoms with E-state index in [9.17, 15) is 61.0 Å². The number of aliphatic hydroxyl groups is 11. The molecule has 3 aliphatic rings. The van der Waals surface area contributed by atoms with Crippen molar-refractivity contribution in [3.8, 4) is 0 Å². The number of carbonyl (C=O) groups excluding carboxylic acids is 1. The molecule has 3 aliphatic heterocycles. The van der Waals surface area contributed by atoms with E-state index in [1.807, 2.05) is 6.08 Å². The molecule has 604 valence electrons. The summed E-state index contributed by atoms with van der Waals surface area (Å²) in [7, 11) is 0. The highest BCUT2D eigenvalue weighted by molar-refractivity contribution is 5.76. The summed E-state index contributed by atoms with van der Waals surface area (Å²) in [5.41, 5.74) is 0. The Hall–Kier alpha value is -3.81. The topological polar surface area (TPSA) is 307 Å². The Morgan fingerprint density at radius 1 is 0.352 bits per heavy atom. The fourth-order valence-corrected chi connectivity index (χ4v) is 13.2. The number of hydrogen-bond donors (Lipinski definition) is 12. The second kappa shape index (κ2) is 65.0. The Bertz CT molecular complexity index is 2370. The molecule has 0 spiro atoms. The van der Waals surface area contributed by atoms with E-state index >= 15 is 0 Å². The lowest BCUT2D eigenvalue weighted by molar-refractivity contribution is -0.379. The van der Waals surface area contributed by atoms with Gasteiger partial charge in [0.15, 0.2) is 18.9 Å². The van der Waals surface area contributed by atoms with E-state index < -0.39 is 124 Å². The first-order chi connectivity index (χ1) is 51.3. The van der Waals surface area contributed by atoms with Gasteiger partial charge in [0, 0.05) is 6.42 Å². The minimum absolute atomic E-state index is 0.195. The summed E-state index contributed by atoms with van der Waals surface area (Å²) >= 11 is 0. The Morgan fingerprint density at radius 3 is 1.03 bits per heavy atom. The van der Waals surface area contributed by atoms with Crippen LogP contribution in [0.1, 0.15) is 284 Å². The van der Waals surface area contributed by atoms with Crippen molar-refractivity contribution in [3.05, 3.63) is 122 Å². The predicted octanol–water partition coefficient (Wildman–Crippen LogP) is 14.3. The second-order valence-corrected chi connectivity index (χ2v) is 28.9. The van der Waals surface area contributed by atoms with E-state index in [0.717, 1.165) is 103 Å². The summed E-state index contributed by atoms with van der Waals surface area (Å²) < 4.78 is 34.4. The Balaban J connectivity index is 1.40. The molecule has 3 heterocycles. The number of carbonyl (C=O) groups is 1. The van der Waals surface area contributed by atoms with E-state index in [1.165, 1.54) is 154 Å². The van der Waals surface area contributed by atoms with Crippen molar-refractivity contribution in [3.63, 3.8) is 0 Å². The minimum atomic E-state index is -1.99. The summed E-state index contributed by atoms with van der Waals surface area (Å²) in [6.45, 7) is 1.62. The quantitative estimate of drug-likeness (QED) is 0.0199. The van der Waals surface area contributed by atoms with Gasteiger partial charge in [-0.05, 0) is 89.9 Å². The number of nitrogens with one attached hydrogen (secondary N) is 1. The molecule has 3 rings (SSSR count). The van der Waals surface area contributed by atoms with Crippen molar-refractivity contribution in [2.75, 3.05) is 26.4 Å². The summed E-state index contributed by atoms with van der Waals surface area (Å²) in [6.07, 6.45) is 64.6. The third kappa shape index (κ3) is 44.6. The number of allylic oxidation sites excluding steroid dienone is 19. The second-order valence-electron chi connectivity index (χ2n) is 28.9. The van der Waals surface area contributed by atoms with Crippen LogP contribution >= 0.6 is 0 Å². The molecular weight excluding hydrogens is 1330 g/mol. The van der Waals surface area contributed by atoms with Gasteiger partial charge >= 0.3 is 0 Å². The molecule has 12 N–H and O–H groups in total. The van der Waals surface area contributed by atoms with Crippen molar-refractivity contribution < 1.29 is 89.4 Å². The molecule has 105 heavy (non-hydrogen) atoms. The zero-order valence-electron chi connectivity index (χ0n) is 64.7. The number of hydrogen-bond acceptors (Lipinski definition) is 18. The molecule has 17 unspecified atom stereocenters. The van der Waals surface area contributed by atoms with Crippen LogP contribution in [0.2, 0.25) is 0 Å². The largest absolute Gasteiger partial charge is 0.394 e. The van der Waals surface area contributed by atoms with E-state index in [0.29, 0.717) is 6.42 Å². The molecule has 17 atom stereocenters. The van der Waals surface area contributed by atoms with Crippen LogP contribution in [0.5, 0.6) is 0 Å². The van der Waals surface area contributed by atoms with Gasteiger partial charge in [-0.2, -0.15) is 0 Å². The lowest BCUT2D eigenvalue weighted by atomic mass is 9.96. The van der Waals surface area contributed by atoms with Crippen molar-refractivity contribution >= 4 is 5.91 Å². The van der Waals surface area contributed by atoms with Crippen molar-refractivity contribution in [2.24, 2.45) is 0 Å². The molecule has 0 radical (unpaired) electrons. The lowest BCUT2D eigenvalue weighted by Crippen LogP contribution is -2.66. The molecule has 19 heteroatoms. The fourth-order valence-electron chi connectivity index (χ4n) is 13.2. The normalized spacial score (nSPS) is 26.4. The Labute approximate surface area is 633 Å². The third-order valence-electron chi connectivity index (χ3n) is 19.8. The minimum Gasteiger partial charge on any atom is -0.394 e. The van der Waals surface area contributed by atoms with Gasteiger partial charge in [-0.25, -0.2) is 0 Å². The van der Waals surface area contributed by atoms with Gasteiger partial charge < -0.3 is 89.9 Å². The van der Waals surface area contributed by atoms with E-state index in [1.54, 1.807) is 6.08 Å². The highest BCUT2D eigenvalue weighted by atomic mass is 16.8. The van der Waals surface area contributed by atoms with E-state index in [4.69, 9.17) is 28.4 Å². The van der Waals surface area contributed by atoms with Gasteiger partial charge in [-0.1, -0.05) is 309 Å². The van der Waals surface area contributed by atoms with Gasteiger partial charge in [0.05, 0.1) is 38.6 Å². The maximum Gasteiger partial charge on any atom is 0.220 e. The van der Waals surface area contributed by atoms with Gasteiger partial charge in [-0.3, -0.25) is 4.79 Å². The first kappa shape index (κ1) is 95.4. The zero-order valence-corrected chi connectivity index (χ0v) is 64.7. The zero-order chi connectivity index (χ0) is 76.0. The first-order valence-corrected chi connectivity index (χ1v) is 41.3. The monoisotopic (exact) mass is 1480 g/mol. The SMILES string of the molecule is CC/C=C\C/C=C\C/C=C\C/C=C\C/C=C\C/C=C\C/C=C\C/C=C\C/C=C\CCCCCC(=O)NC(COC1OC(CO)C(OC2OC(CO)C(OC3OC(CO)C(O)C(O)C3O)C(O)C2O)C(O)C1O)C(O)/C=C/CCCCCCCCCCCCCCCCCCCCCCCCCCCCC. The van der Waals surface area contributed by atoms with Crippen LogP contribution < -0.4 is 5.32 Å². The van der Waals surface area contributed by atoms with Gasteiger partial charge in [0.2, 0.25) is 5.91 Å². The van der Waals surface area contributed by atoms with Gasteiger partial charge in [0.1, 0.15) is 73.2 Å². The number of rotatable bonds is 64. The lowest BCUT2D eigenvalue weighted by Gasteiger charge is -2.48. The first-order valence-electron chi connectivity index (χ1n) is 41.3. The molecule has 3 saturated heterocycles. The standard InChI is InChI=1S/C86H147NO18/c1-3-5-7-9-11-13-15-17-19-21-23-25-27-29-31-33-34-36-38-40-42-44-46-48-50-52-54-56-58-60-62-64-74(92)87-69(70(91)63-61-59-57-55-53-51-49-47-45-43-41-39-37-35-32-30-28-26-24-22-20-18-16-14-12-10-8-6-4-2)68-100-84-80(98)77(95)82(72(66-89)102-84)105-86-81(99)78(96)83(73(67-90)103-86)104-85-79(97)76(94)75(93)71(65-88)101-85/h5,7,11,13,17,19,23,25,29,31,34,36,40,42,46,48,52,54,61,63,69-73,75-86,88-91,93-99H,3-4,6,8-10,12,14-16,18,20-22,24,26-28,30,32-33,35,37-39,41,43-45,47,49-51,53,55-60,62,64-68H2,1-2H3,(H,87,92)/b7-5-,13-11-,19-17-,25-23-,31-29-,36-34-,42-40-,48-46-,54-52-,63-61+. The van der Waals surface area contributed by atoms with E-state index in [-0.39, 0.29) is 18.9 Å². The third-order valence-corrected chi connectivity index (χ3v) is 19.8. The van der Waals surface area contributed by atoms with Crippen LogP contribution in [-0.2, 0) is 33.2 Å². The van der Waals surface area contributed by atoms with Crippen LogP contribution in [0, 0.1) is 0 Å². The maximum absolute atomic E-state index is 13.5. The molecule has 0 bridgehead atoms.